The molecule has 0 aromatic heterocycles. The Morgan fingerprint density at radius 2 is 2.06 bits per heavy atom. The SMILES string of the molecule is CC(C)(C)OC(=O)N[C@H]1CCC[C@@H](N)[C@@H]1O. The molecule has 5 heteroatoms. The van der Waals surface area contributed by atoms with E-state index >= 15 is 0 Å². The van der Waals surface area contributed by atoms with Gasteiger partial charge in [-0.2, -0.15) is 0 Å². The standard InChI is InChI=1S/C11H22N2O3/c1-11(2,3)16-10(15)13-8-6-4-5-7(12)9(8)14/h7-9,14H,4-6,12H2,1-3H3,(H,13,15)/t7-,8+,9+/m1/s1. The minimum Gasteiger partial charge on any atom is -0.444 e. The lowest BCUT2D eigenvalue weighted by atomic mass is 9.89. The van der Waals surface area contributed by atoms with E-state index in [9.17, 15) is 9.90 Å². The number of hydrogen-bond donors (Lipinski definition) is 3. The van der Waals surface area contributed by atoms with E-state index in [1.54, 1.807) is 20.8 Å². The molecule has 0 bridgehead atoms. The summed E-state index contributed by atoms with van der Waals surface area (Å²) in [4.78, 5) is 11.5. The fourth-order valence-corrected chi connectivity index (χ4v) is 1.83. The molecule has 1 aliphatic rings. The van der Waals surface area contributed by atoms with Gasteiger partial charge in [0.2, 0.25) is 0 Å². The molecule has 5 nitrogen and oxygen atoms in total. The van der Waals surface area contributed by atoms with Crippen LogP contribution in [0.1, 0.15) is 40.0 Å². The van der Waals surface area contributed by atoms with Crippen molar-refractivity contribution in [1.82, 2.24) is 5.32 Å². The van der Waals surface area contributed by atoms with Crippen LogP contribution in [0.25, 0.3) is 0 Å². The molecule has 1 amide bonds. The Morgan fingerprint density at radius 1 is 1.44 bits per heavy atom. The fraction of sp³-hybridized carbons (Fsp3) is 0.909. The molecule has 0 unspecified atom stereocenters. The van der Waals surface area contributed by atoms with Crippen LogP contribution in [0, 0.1) is 0 Å². The first-order valence-corrected chi connectivity index (χ1v) is 5.73. The number of aliphatic hydroxyl groups excluding tert-OH is 1. The molecule has 1 fully saturated rings. The van der Waals surface area contributed by atoms with E-state index in [1.807, 2.05) is 0 Å². The average Bonchev–Trinajstić information content (AvgIpc) is 2.09. The van der Waals surface area contributed by atoms with Crippen molar-refractivity contribution in [3.8, 4) is 0 Å². The normalized spacial score (nSPS) is 30.9. The Bertz CT molecular complexity index is 250. The molecule has 0 radical (unpaired) electrons. The molecular formula is C11H22N2O3. The van der Waals surface area contributed by atoms with Crippen molar-refractivity contribution in [3.63, 3.8) is 0 Å². The summed E-state index contributed by atoms with van der Waals surface area (Å²) in [5, 5.41) is 12.5. The summed E-state index contributed by atoms with van der Waals surface area (Å²) in [5.41, 5.74) is 5.21. The monoisotopic (exact) mass is 230 g/mol. The molecule has 0 spiro atoms. The summed E-state index contributed by atoms with van der Waals surface area (Å²) in [7, 11) is 0. The highest BCUT2D eigenvalue weighted by Crippen LogP contribution is 2.18. The molecule has 0 aliphatic heterocycles. The van der Waals surface area contributed by atoms with E-state index in [4.69, 9.17) is 10.5 Å². The third-order valence-corrected chi connectivity index (χ3v) is 2.61. The quantitative estimate of drug-likeness (QED) is 0.620. The second-order valence-electron chi connectivity index (χ2n) is 5.34. The van der Waals surface area contributed by atoms with Crippen LogP contribution in [-0.4, -0.2) is 35.0 Å². The minimum atomic E-state index is -0.679. The van der Waals surface area contributed by atoms with E-state index in [0.717, 1.165) is 19.3 Å². The zero-order valence-electron chi connectivity index (χ0n) is 10.2. The number of carbonyl (C=O) groups is 1. The summed E-state index contributed by atoms with van der Waals surface area (Å²) >= 11 is 0. The van der Waals surface area contributed by atoms with Gasteiger partial charge in [-0.3, -0.25) is 0 Å². The molecule has 0 aromatic rings. The number of aliphatic hydroxyl groups is 1. The lowest BCUT2D eigenvalue weighted by molar-refractivity contribution is 0.0320. The van der Waals surface area contributed by atoms with Crippen molar-refractivity contribution in [2.45, 2.75) is 63.8 Å². The maximum Gasteiger partial charge on any atom is 0.407 e. The number of rotatable bonds is 1. The number of ether oxygens (including phenoxy) is 1. The predicted octanol–water partition coefficient (Wildman–Crippen LogP) is 0.752. The van der Waals surface area contributed by atoms with E-state index in [-0.39, 0.29) is 12.1 Å². The molecule has 3 atom stereocenters. The van der Waals surface area contributed by atoms with Crippen molar-refractivity contribution in [3.05, 3.63) is 0 Å². The van der Waals surface area contributed by atoms with Gasteiger partial charge in [0.05, 0.1) is 12.1 Å². The number of nitrogens with one attached hydrogen (secondary N) is 1. The van der Waals surface area contributed by atoms with E-state index in [0.29, 0.717) is 0 Å². The molecule has 4 N–H and O–H groups in total. The molecule has 0 aromatic carbocycles. The number of hydrogen-bond acceptors (Lipinski definition) is 4. The maximum absolute atomic E-state index is 11.5. The van der Waals surface area contributed by atoms with E-state index < -0.39 is 17.8 Å². The van der Waals surface area contributed by atoms with Gasteiger partial charge in [-0.05, 0) is 40.0 Å². The van der Waals surface area contributed by atoms with Gasteiger partial charge in [0.15, 0.2) is 0 Å². The lowest BCUT2D eigenvalue weighted by Gasteiger charge is -2.33. The van der Waals surface area contributed by atoms with Crippen LogP contribution in [-0.2, 0) is 4.74 Å². The first-order chi connectivity index (χ1) is 7.29. The first-order valence-electron chi connectivity index (χ1n) is 5.73. The largest absolute Gasteiger partial charge is 0.444 e. The Morgan fingerprint density at radius 3 is 2.62 bits per heavy atom. The van der Waals surface area contributed by atoms with Crippen LogP contribution < -0.4 is 11.1 Å². The van der Waals surface area contributed by atoms with Crippen molar-refractivity contribution in [2.24, 2.45) is 5.73 Å². The summed E-state index contributed by atoms with van der Waals surface area (Å²) in [6.45, 7) is 5.40. The molecular weight excluding hydrogens is 208 g/mol. The fourth-order valence-electron chi connectivity index (χ4n) is 1.83. The third kappa shape index (κ3) is 3.98. The maximum atomic E-state index is 11.5. The van der Waals surface area contributed by atoms with E-state index in [2.05, 4.69) is 5.32 Å². The molecule has 0 saturated heterocycles. The topological polar surface area (TPSA) is 84.6 Å². The predicted molar refractivity (Wildman–Crippen MR) is 61.0 cm³/mol. The van der Waals surface area contributed by atoms with Gasteiger partial charge in [0.1, 0.15) is 5.60 Å². The van der Waals surface area contributed by atoms with Gasteiger partial charge in [-0.25, -0.2) is 4.79 Å². The second-order valence-corrected chi connectivity index (χ2v) is 5.34. The van der Waals surface area contributed by atoms with Crippen LogP contribution in [0.2, 0.25) is 0 Å². The average molecular weight is 230 g/mol. The summed E-state index contributed by atoms with van der Waals surface area (Å²) in [6, 6.07) is -0.549. The molecule has 0 heterocycles. The molecule has 1 aliphatic carbocycles. The Kier molecular flexibility index (Phi) is 4.15. The van der Waals surface area contributed by atoms with Gasteiger partial charge in [-0.15, -0.1) is 0 Å². The van der Waals surface area contributed by atoms with Gasteiger partial charge < -0.3 is 20.9 Å². The summed E-state index contributed by atoms with van der Waals surface area (Å²) in [5.74, 6) is 0. The van der Waals surface area contributed by atoms with Crippen molar-refractivity contribution in [1.29, 1.82) is 0 Å². The minimum absolute atomic E-state index is 0.256. The molecule has 1 rings (SSSR count). The van der Waals surface area contributed by atoms with Crippen LogP contribution in [0.15, 0.2) is 0 Å². The number of alkyl carbamates (subject to hydrolysis) is 1. The van der Waals surface area contributed by atoms with Gasteiger partial charge in [0.25, 0.3) is 0 Å². The van der Waals surface area contributed by atoms with Crippen LogP contribution in [0.4, 0.5) is 4.79 Å². The second kappa shape index (κ2) is 5.01. The smallest absolute Gasteiger partial charge is 0.407 e. The molecule has 16 heavy (non-hydrogen) atoms. The van der Waals surface area contributed by atoms with Crippen LogP contribution in [0.3, 0.4) is 0 Å². The van der Waals surface area contributed by atoms with E-state index in [1.165, 1.54) is 0 Å². The number of nitrogens with two attached hydrogens (primary N) is 1. The van der Waals surface area contributed by atoms with Gasteiger partial charge in [0, 0.05) is 6.04 Å². The highest BCUT2D eigenvalue weighted by molar-refractivity contribution is 5.68. The zero-order valence-corrected chi connectivity index (χ0v) is 10.2. The highest BCUT2D eigenvalue weighted by atomic mass is 16.6. The Labute approximate surface area is 96.3 Å². The van der Waals surface area contributed by atoms with Crippen molar-refractivity contribution < 1.29 is 14.6 Å². The summed E-state index contributed by atoms with van der Waals surface area (Å²) < 4.78 is 5.12. The number of carbonyl (C=O) groups excluding carboxylic acids is 1. The zero-order chi connectivity index (χ0) is 12.3. The van der Waals surface area contributed by atoms with Crippen LogP contribution >= 0.6 is 0 Å². The number of amides is 1. The Hall–Kier alpha value is -0.810. The summed E-state index contributed by atoms with van der Waals surface area (Å²) in [6.07, 6.45) is 1.28. The van der Waals surface area contributed by atoms with Crippen molar-refractivity contribution in [2.75, 3.05) is 0 Å². The van der Waals surface area contributed by atoms with Gasteiger partial charge in [-0.1, -0.05) is 0 Å². The lowest BCUT2D eigenvalue weighted by Crippen LogP contribution is -2.54. The molecule has 1 saturated carbocycles. The molecule has 94 valence electrons. The van der Waals surface area contributed by atoms with Crippen LogP contribution in [0.5, 0.6) is 0 Å². The van der Waals surface area contributed by atoms with Gasteiger partial charge >= 0.3 is 6.09 Å². The third-order valence-electron chi connectivity index (χ3n) is 2.61. The van der Waals surface area contributed by atoms with Crippen molar-refractivity contribution >= 4 is 6.09 Å². The Balaban J connectivity index is 2.44. The highest BCUT2D eigenvalue weighted by Gasteiger charge is 2.31. The first kappa shape index (κ1) is 13.3.